The van der Waals surface area contributed by atoms with Crippen molar-refractivity contribution in [1.29, 1.82) is 0 Å². The van der Waals surface area contributed by atoms with Crippen LogP contribution in [0.25, 0.3) is 0 Å². The van der Waals surface area contributed by atoms with Crippen LogP contribution in [0.4, 0.5) is 0 Å². The lowest BCUT2D eigenvalue weighted by molar-refractivity contribution is -0.139. The van der Waals surface area contributed by atoms with E-state index < -0.39 is 5.41 Å². The van der Waals surface area contributed by atoms with Crippen LogP contribution in [0.1, 0.15) is 18.5 Å². The van der Waals surface area contributed by atoms with Crippen molar-refractivity contribution in [2.24, 2.45) is 18.4 Å². The molecule has 1 aromatic heterocycles. The van der Waals surface area contributed by atoms with E-state index in [-0.39, 0.29) is 17.7 Å². The maximum atomic E-state index is 12.5. The Bertz CT molecular complexity index is 600. The minimum atomic E-state index is -0.479. The van der Waals surface area contributed by atoms with Gasteiger partial charge >= 0.3 is 0 Å². The second-order valence-electron chi connectivity index (χ2n) is 6.51. The number of nitrogens with zero attached hydrogens (tertiary/aromatic N) is 3. The van der Waals surface area contributed by atoms with E-state index in [0.29, 0.717) is 45.6 Å². The Hall–Kier alpha value is -1.89. The summed E-state index contributed by atoms with van der Waals surface area (Å²) in [6, 6.07) is 1.93. The minimum absolute atomic E-state index is 0.0332. The molecular formula is C16H24N4O3. The van der Waals surface area contributed by atoms with Crippen LogP contribution in [0.2, 0.25) is 0 Å². The van der Waals surface area contributed by atoms with Gasteiger partial charge in [-0.15, -0.1) is 0 Å². The minimum Gasteiger partial charge on any atom is -0.381 e. The molecule has 0 aromatic carbocycles. The van der Waals surface area contributed by atoms with Crippen molar-refractivity contribution in [2.45, 2.75) is 19.3 Å². The fourth-order valence-electron chi connectivity index (χ4n) is 3.75. The third kappa shape index (κ3) is 2.97. The van der Waals surface area contributed by atoms with E-state index >= 15 is 0 Å². The average molecular weight is 320 g/mol. The van der Waals surface area contributed by atoms with Crippen LogP contribution in [0.15, 0.2) is 12.3 Å². The molecule has 7 nitrogen and oxygen atoms in total. The largest absolute Gasteiger partial charge is 0.381 e. The van der Waals surface area contributed by atoms with Crippen LogP contribution in [-0.4, -0.2) is 59.8 Å². The SMILES string of the molecule is CNC(=O)[C@]12CCOC[C@H]1CN(C(=O)CCc1ccn(C)n1)C2. The van der Waals surface area contributed by atoms with E-state index in [9.17, 15) is 9.59 Å². The van der Waals surface area contributed by atoms with Crippen molar-refractivity contribution >= 4 is 11.8 Å². The molecule has 2 aliphatic rings. The second-order valence-corrected chi connectivity index (χ2v) is 6.51. The van der Waals surface area contributed by atoms with Crippen molar-refractivity contribution in [1.82, 2.24) is 20.0 Å². The molecule has 2 atom stereocenters. The zero-order valence-corrected chi connectivity index (χ0v) is 13.7. The molecular weight excluding hydrogens is 296 g/mol. The van der Waals surface area contributed by atoms with Gasteiger partial charge in [0.25, 0.3) is 0 Å². The normalized spacial score (nSPS) is 26.9. The van der Waals surface area contributed by atoms with Gasteiger partial charge in [0.2, 0.25) is 11.8 Å². The highest BCUT2D eigenvalue weighted by Gasteiger charge is 2.54. The lowest BCUT2D eigenvalue weighted by Crippen LogP contribution is -2.49. The predicted molar refractivity (Wildman–Crippen MR) is 83.5 cm³/mol. The van der Waals surface area contributed by atoms with Gasteiger partial charge in [-0.25, -0.2) is 0 Å². The summed E-state index contributed by atoms with van der Waals surface area (Å²) in [5.41, 5.74) is 0.440. The van der Waals surface area contributed by atoms with E-state index in [1.165, 1.54) is 0 Å². The number of hydrogen-bond donors (Lipinski definition) is 1. The predicted octanol–water partition coefficient (Wildman–Crippen LogP) is -0.0362. The lowest BCUT2D eigenvalue weighted by Gasteiger charge is -2.36. The fraction of sp³-hybridized carbons (Fsp3) is 0.688. The molecule has 2 saturated heterocycles. The van der Waals surface area contributed by atoms with Gasteiger partial charge in [-0.3, -0.25) is 14.3 Å². The lowest BCUT2D eigenvalue weighted by atomic mass is 9.73. The molecule has 0 unspecified atom stereocenters. The molecule has 2 amide bonds. The highest BCUT2D eigenvalue weighted by atomic mass is 16.5. The van der Waals surface area contributed by atoms with Crippen LogP contribution in [0.3, 0.4) is 0 Å². The average Bonchev–Trinajstić information content (AvgIpc) is 3.15. The number of rotatable bonds is 4. The van der Waals surface area contributed by atoms with Gasteiger partial charge in [-0.2, -0.15) is 5.10 Å². The van der Waals surface area contributed by atoms with Gasteiger partial charge in [-0.05, 0) is 12.5 Å². The smallest absolute Gasteiger partial charge is 0.228 e. The van der Waals surface area contributed by atoms with Crippen LogP contribution < -0.4 is 5.32 Å². The Balaban J connectivity index is 1.64. The molecule has 0 spiro atoms. The van der Waals surface area contributed by atoms with Crippen molar-refractivity contribution in [2.75, 3.05) is 33.4 Å². The molecule has 3 rings (SSSR count). The molecule has 1 N–H and O–H groups in total. The number of hydrogen-bond acceptors (Lipinski definition) is 4. The Labute approximate surface area is 136 Å². The third-order valence-corrected chi connectivity index (χ3v) is 5.10. The van der Waals surface area contributed by atoms with Crippen molar-refractivity contribution in [3.63, 3.8) is 0 Å². The Kier molecular flexibility index (Phi) is 4.39. The van der Waals surface area contributed by atoms with E-state index in [0.717, 1.165) is 5.69 Å². The molecule has 1 aromatic rings. The Morgan fingerprint density at radius 3 is 3.04 bits per heavy atom. The van der Waals surface area contributed by atoms with Crippen molar-refractivity contribution in [3.8, 4) is 0 Å². The molecule has 7 heteroatoms. The van der Waals surface area contributed by atoms with E-state index in [4.69, 9.17) is 4.74 Å². The molecule has 0 aliphatic carbocycles. The highest BCUT2D eigenvalue weighted by molar-refractivity contribution is 5.85. The number of fused-ring (bicyclic) bond motifs is 1. The van der Waals surface area contributed by atoms with Crippen LogP contribution in [0, 0.1) is 11.3 Å². The first-order valence-corrected chi connectivity index (χ1v) is 8.11. The van der Waals surface area contributed by atoms with Crippen molar-refractivity contribution < 1.29 is 14.3 Å². The molecule has 2 fully saturated rings. The van der Waals surface area contributed by atoms with Gasteiger partial charge in [-0.1, -0.05) is 0 Å². The summed E-state index contributed by atoms with van der Waals surface area (Å²) >= 11 is 0. The molecule has 0 bridgehead atoms. The van der Waals surface area contributed by atoms with Gasteiger partial charge in [0.05, 0.1) is 17.7 Å². The summed E-state index contributed by atoms with van der Waals surface area (Å²) in [5, 5.41) is 7.07. The van der Waals surface area contributed by atoms with E-state index in [1.807, 2.05) is 24.2 Å². The molecule has 3 heterocycles. The summed E-state index contributed by atoms with van der Waals surface area (Å²) in [5.74, 6) is 0.217. The van der Waals surface area contributed by atoms with Crippen LogP contribution in [0.5, 0.6) is 0 Å². The first-order chi connectivity index (χ1) is 11.0. The van der Waals surface area contributed by atoms with Crippen molar-refractivity contribution in [3.05, 3.63) is 18.0 Å². The summed E-state index contributed by atoms with van der Waals surface area (Å²) < 4.78 is 7.27. The fourth-order valence-corrected chi connectivity index (χ4v) is 3.75. The molecule has 0 radical (unpaired) electrons. The Morgan fingerprint density at radius 1 is 1.52 bits per heavy atom. The second kappa shape index (κ2) is 6.31. The zero-order valence-electron chi connectivity index (χ0n) is 13.7. The number of aryl methyl sites for hydroxylation is 2. The molecule has 126 valence electrons. The van der Waals surface area contributed by atoms with Gasteiger partial charge in [0, 0.05) is 58.7 Å². The highest BCUT2D eigenvalue weighted by Crippen LogP contribution is 2.42. The first-order valence-electron chi connectivity index (χ1n) is 8.11. The number of amides is 2. The molecule has 0 saturated carbocycles. The zero-order chi connectivity index (χ0) is 16.4. The number of nitrogens with one attached hydrogen (secondary N) is 1. The number of aromatic nitrogens is 2. The summed E-state index contributed by atoms with van der Waals surface area (Å²) in [6.07, 6.45) is 3.61. The third-order valence-electron chi connectivity index (χ3n) is 5.10. The first kappa shape index (κ1) is 16.0. The van der Waals surface area contributed by atoms with E-state index in [2.05, 4.69) is 10.4 Å². The van der Waals surface area contributed by atoms with Gasteiger partial charge < -0.3 is 15.0 Å². The monoisotopic (exact) mass is 320 g/mol. The maximum absolute atomic E-state index is 12.5. The number of carbonyl (C=O) groups is 2. The Morgan fingerprint density at radius 2 is 2.35 bits per heavy atom. The summed E-state index contributed by atoms with van der Waals surface area (Å²) in [6.45, 7) is 2.24. The quantitative estimate of drug-likeness (QED) is 0.845. The molecule has 23 heavy (non-hydrogen) atoms. The topological polar surface area (TPSA) is 76.5 Å². The van der Waals surface area contributed by atoms with E-state index in [1.54, 1.807) is 11.7 Å². The number of ether oxygens (including phenoxy) is 1. The number of likely N-dealkylation sites (tertiary alicyclic amines) is 1. The summed E-state index contributed by atoms with van der Waals surface area (Å²) in [4.78, 5) is 26.8. The van der Waals surface area contributed by atoms with Crippen LogP contribution >= 0.6 is 0 Å². The molecule has 2 aliphatic heterocycles. The van der Waals surface area contributed by atoms with Gasteiger partial charge in [0.1, 0.15) is 0 Å². The number of carbonyl (C=O) groups excluding carboxylic acids is 2. The standard InChI is InChI=1S/C16H24N4O3/c1-17-15(22)16-6-8-23-10-12(16)9-20(11-16)14(21)4-3-13-5-7-19(2)18-13/h5,7,12H,3-4,6,8-11H2,1-2H3,(H,17,22)/t12-,16+/m1/s1. The van der Waals surface area contributed by atoms with Crippen LogP contribution in [-0.2, 0) is 27.8 Å². The maximum Gasteiger partial charge on any atom is 0.228 e. The summed E-state index contributed by atoms with van der Waals surface area (Å²) in [7, 11) is 3.53. The van der Waals surface area contributed by atoms with Gasteiger partial charge in [0.15, 0.2) is 0 Å².